The van der Waals surface area contributed by atoms with E-state index in [4.69, 9.17) is 4.74 Å². The fourth-order valence-electron chi connectivity index (χ4n) is 4.85. The van der Waals surface area contributed by atoms with E-state index in [1.165, 1.54) is 5.57 Å². The number of hydrogen-bond donors (Lipinski definition) is 2. The van der Waals surface area contributed by atoms with Crippen LogP contribution in [-0.4, -0.2) is 49.6 Å². The van der Waals surface area contributed by atoms with E-state index < -0.39 is 5.60 Å². The number of amides is 1. The molecule has 2 aromatic carbocycles. The average Bonchev–Trinajstić information content (AvgIpc) is 3.56. The molecule has 0 spiro atoms. The molecule has 2 N–H and O–H groups in total. The van der Waals surface area contributed by atoms with Gasteiger partial charge >= 0.3 is 6.09 Å². The van der Waals surface area contributed by atoms with E-state index in [1.807, 2.05) is 57.3 Å². The average molecular weight is 507 g/mol. The zero-order chi connectivity index (χ0) is 26.3. The van der Waals surface area contributed by atoms with Crippen LogP contribution in [0.2, 0.25) is 0 Å². The molecule has 0 fully saturated rings. The molecule has 0 radical (unpaired) electrons. The van der Waals surface area contributed by atoms with Crippen LogP contribution in [0.25, 0.3) is 27.6 Å². The van der Waals surface area contributed by atoms with E-state index in [2.05, 4.69) is 61.2 Å². The number of pyridine rings is 1. The van der Waals surface area contributed by atoms with Crippen LogP contribution in [0.5, 0.6) is 0 Å². The summed E-state index contributed by atoms with van der Waals surface area (Å²) in [6, 6.07) is 20.8. The Balaban J connectivity index is 1.37. The van der Waals surface area contributed by atoms with Gasteiger partial charge in [-0.1, -0.05) is 24.3 Å². The van der Waals surface area contributed by atoms with Crippen molar-refractivity contribution < 1.29 is 9.53 Å². The van der Waals surface area contributed by atoms with E-state index in [0.29, 0.717) is 13.1 Å². The van der Waals surface area contributed by atoms with Gasteiger partial charge in [-0.25, -0.2) is 14.8 Å². The minimum atomic E-state index is -0.507. The first-order valence-electron chi connectivity index (χ1n) is 12.8. The largest absolute Gasteiger partial charge is 0.444 e. The SMILES string of the molecule is CC(C)(C)OC(=O)N1CC=C(c2cc3c(N(c4ccccc4)c4ccc5nc[nH]c5c4)ccnc3[nH]2)CC1. The van der Waals surface area contributed by atoms with E-state index in [1.54, 1.807) is 11.2 Å². The third-order valence-electron chi connectivity index (χ3n) is 6.63. The molecule has 1 aliphatic heterocycles. The van der Waals surface area contributed by atoms with Crippen LogP contribution in [0.3, 0.4) is 0 Å². The second kappa shape index (κ2) is 9.37. The lowest BCUT2D eigenvalue weighted by molar-refractivity contribution is 0.0270. The summed E-state index contributed by atoms with van der Waals surface area (Å²) in [5, 5.41) is 1.02. The Morgan fingerprint density at radius 3 is 2.63 bits per heavy atom. The number of carbonyl (C=O) groups is 1. The number of rotatable bonds is 4. The first-order valence-corrected chi connectivity index (χ1v) is 12.8. The van der Waals surface area contributed by atoms with Gasteiger partial charge in [0.05, 0.1) is 23.0 Å². The van der Waals surface area contributed by atoms with E-state index in [0.717, 1.165) is 51.2 Å². The Morgan fingerprint density at radius 1 is 1.03 bits per heavy atom. The molecule has 8 nitrogen and oxygen atoms in total. The molecule has 8 heteroatoms. The quantitative estimate of drug-likeness (QED) is 0.276. The number of hydrogen-bond acceptors (Lipinski definition) is 5. The maximum atomic E-state index is 12.5. The first-order chi connectivity index (χ1) is 18.4. The lowest BCUT2D eigenvalue weighted by atomic mass is 10.0. The third-order valence-corrected chi connectivity index (χ3v) is 6.63. The molecule has 4 heterocycles. The van der Waals surface area contributed by atoms with Gasteiger partial charge in [0.25, 0.3) is 0 Å². The number of aromatic nitrogens is 4. The topological polar surface area (TPSA) is 90.1 Å². The predicted octanol–water partition coefficient (Wildman–Crippen LogP) is 6.93. The molecular weight excluding hydrogens is 476 g/mol. The van der Waals surface area contributed by atoms with Crippen LogP contribution in [0.4, 0.5) is 21.9 Å². The highest BCUT2D eigenvalue weighted by atomic mass is 16.6. The Bertz CT molecular complexity index is 1640. The number of carbonyl (C=O) groups excluding carboxylic acids is 1. The highest BCUT2D eigenvalue weighted by Crippen LogP contribution is 2.40. The Hall–Kier alpha value is -4.59. The monoisotopic (exact) mass is 506 g/mol. The molecule has 1 aliphatic rings. The summed E-state index contributed by atoms with van der Waals surface area (Å²) in [6.07, 6.45) is 6.11. The molecule has 0 saturated heterocycles. The van der Waals surface area contributed by atoms with Crippen molar-refractivity contribution in [3.8, 4) is 0 Å². The number of imidazole rings is 1. The minimum absolute atomic E-state index is 0.277. The smallest absolute Gasteiger partial charge is 0.410 e. The third kappa shape index (κ3) is 4.61. The van der Waals surface area contributed by atoms with Crippen LogP contribution in [0.15, 0.2) is 79.3 Å². The number of nitrogens with one attached hydrogen (secondary N) is 2. The molecule has 1 amide bonds. The van der Waals surface area contributed by atoms with Gasteiger partial charge in [0.1, 0.15) is 11.2 Å². The molecule has 0 atom stereocenters. The fraction of sp³-hybridized carbons (Fsp3) is 0.233. The van der Waals surface area contributed by atoms with Crippen LogP contribution >= 0.6 is 0 Å². The maximum absolute atomic E-state index is 12.5. The van der Waals surface area contributed by atoms with Gasteiger partial charge in [-0.15, -0.1) is 0 Å². The van der Waals surface area contributed by atoms with Crippen molar-refractivity contribution in [3.63, 3.8) is 0 Å². The summed E-state index contributed by atoms with van der Waals surface area (Å²) in [6.45, 7) is 6.78. The van der Waals surface area contributed by atoms with Gasteiger partial charge in [0, 0.05) is 41.7 Å². The number of ether oxygens (including phenoxy) is 1. The summed E-state index contributed by atoms with van der Waals surface area (Å²) < 4.78 is 5.54. The number of anilines is 3. The van der Waals surface area contributed by atoms with Gasteiger partial charge in [0.15, 0.2) is 0 Å². The van der Waals surface area contributed by atoms with Gasteiger partial charge in [-0.05, 0) is 75.2 Å². The van der Waals surface area contributed by atoms with Gasteiger partial charge < -0.3 is 24.5 Å². The van der Waals surface area contributed by atoms with Crippen molar-refractivity contribution in [1.82, 2.24) is 24.8 Å². The number of benzene rings is 2. The van der Waals surface area contributed by atoms with Crippen molar-refractivity contribution in [3.05, 3.63) is 85.0 Å². The highest BCUT2D eigenvalue weighted by Gasteiger charge is 2.25. The van der Waals surface area contributed by atoms with Crippen molar-refractivity contribution in [2.24, 2.45) is 0 Å². The van der Waals surface area contributed by atoms with E-state index in [-0.39, 0.29) is 6.09 Å². The van der Waals surface area contributed by atoms with Crippen molar-refractivity contribution >= 4 is 50.8 Å². The highest BCUT2D eigenvalue weighted by molar-refractivity contribution is 5.98. The number of nitrogens with zero attached hydrogens (tertiary/aromatic N) is 4. The zero-order valence-electron chi connectivity index (χ0n) is 21.7. The molecule has 0 bridgehead atoms. The summed E-state index contributed by atoms with van der Waals surface area (Å²) in [5.41, 5.74) is 7.48. The lowest BCUT2D eigenvalue weighted by Crippen LogP contribution is -2.39. The molecule has 5 aromatic rings. The molecular formula is C30H30N6O2. The summed E-state index contributed by atoms with van der Waals surface area (Å²) in [4.78, 5) is 32.2. The van der Waals surface area contributed by atoms with Gasteiger partial charge in [-0.3, -0.25) is 0 Å². The molecule has 3 aromatic heterocycles. The van der Waals surface area contributed by atoms with Crippen LogP contribution < -0.4 is 4.90 Å². The first kappa shape index (κ1) is 23.8. The van der Waals surface area contributed by atoms with E-state index in [9.17, 15) is 4.79 Å². The normalized spacial score (nSPS) is 14.1. The van der Waals surface area contributed by atoms with Gasteiger partial charge in [0.2, 0.25) is 0 Å². The second-order valence-corrected chi connectivity index (χ2v) is 10.5. The number of aromatic amines is 2. The Kier molecular flexibility index (Phi) is 5.87. The maximum Gasteiger partial charge on any atom is 0.410 e. The molecule has 0 saturated carbocycles. The lowest BCUT2D eigenvalue weighted by Gasteiger charge is -2.29. The zero-order valence-corrected chi connectivity index (χ0v) is 21.7. The molecule has 38 heavy (non-hydrogen) atoms. The molecule has 192 valence electrons. The fourth-order valence-corrected chi connectivity index (χ4v) is 4.85. The molecule has 6 rings (SSSR count). The number of H-pyrrole nitrogens is 2. The summed E-state index contributed by atoms with van der Waals surface area (Å²) in [7, 11) is 0. The summed E-state index contributed by atoms with van der Waals surface area (Å²) in [5.74, 6) is 0. The van der Waals surface area contributed by atoms with Crippen LogP contribution in [-0.2, 0) is 4.74 Å². The van der Waals surface area contributed by atoms with Crippen molar-refractivity contribution in [2.45, 2.75) is 32.8 Å². The van der Waals surface area contributed by atoms with Crippen LogP contribution in [0.1, 0.15) is 32.9 Å². The molecule has 0 unspecified atom stereocenters. The van der Waals surface area contributed by atoms with Gasteiger partial charge in [-0.2, -0.15) is 0 Å². The van der Waals surface area contributed by atoms with Crippen molar-refractivity contribution in [2.75, 3.05) is 18.0 Å². The Morgan fingerprint density at radius 2 is 1.87 bits per heavy atom. The van der Waals surface area contributed by atoms with Crippen LogP contribution in [0, 0.1) is 0 Å². The Labute approximate surface area is 221 Å². The van der Waals surface area contributed by atoms with Crippen molar-refractivity contribution in [1.29, 1.82) is 0 Å². The minimum Gasteiger partial charge on any atom is -0.444 e. The predicted molar refractivity (Wildman–Crippen MR) is 151 cm³/mol. The second-order valence-electron chi connectivity index (χ2n) is 10.5. The summed E-state index contributed by atoms with van der Waals surface area (Å²) >= 11 is 0. The number of fused-ring (bicyclic) bond motifs is 2. The standard InChI is InChI=1S/C30H30N6O2/c1-30(2,3)38-29(37)35-15-12-20(13-16-35)25-18-23-27(11-14-31-28(23)34-25)36(21-7-5-4-6-8-21)22-9-10-24-26(17-22)33-19-32-24/h4-12,14,17-19H,13,15-16H2,1-3H3,(H,31,34)(H,32,33). The molecule has 0 aliphatic carbocycles. The van der Waals surface area contributed by atoms with E-state index >= 15 is 0 Å². The number of para-hydroxylation sites is 1.